The number of ether oxygens (including phenoxy) is 2. The topological polar surface area (TPSA) is 55.8 Å². The van der Waals surface area contributed by atoms with E-state index in [9.17, 15) is 9.59 Å². The number of carbonyl (C=O) groups is 2. The molecule has 0 aromatic heterocycles. The molecule has 0 spiro atoms. The number of rotatable bonds is 4. The third-order valence-electron chi connectivity index (χ3n) is 4.86. The highest BCUT2D eigenvalue weighted by Crippen LogP contribution is 2.39. The summed E-state index contributed by atoms with van der Waals surface area (Å²) in [7, 11) is 1.67. The Morgan fingerprint density at radius 2 is 2.17 bits per heavy atom. The molecule has 0 amide bonds. The summed E-state index contributed by atoms with van der Waals surface area (Å²) < 4.78 is 10.4. The summed E-state index contributed by atoms with van der Waals surface area (Å²) in [5.41, 5.74) is 2.60. The van der Waals surface area contributed by atoms with E-state index in [1.165, 1.54) is 11.1 Å². The maximum Gasteiger partial charge on any atom is 0.317 e. The highest BCUT2D eigenvalue weighted by Gasteiger charge is 2.38. The Morgan fingerprint density at radius 1 is 1.35 bits per heavy atom. The number of hydrogen-bond donors (Lipinski definition) is 0. The average molecular weight is 317 g/mol. The van der Waals surface area contributed by atoms with Crippen LogP contribution >= 0.6 is 0 Å². The van der Waals surface area contributed by atoms with E-state index in [4.69, 9.17) is 9.47 Å². The summed E-state index contributed by atoms with van der Waals surface area (Å²) in [5, 5.41) is 0. The molecular formula is C18H23NO4. The second-order valence-electron chi connectivity index (χ2n) is 6.14. The number of likely N-dealkylation sites (tertiary alicyclic amines) is 1. The van der Waals surface area contributed by atoms with E-state index >= 15 is 0 Å². The van der Waals surface area contributed by atoms with E-state index in [0.717, 1.165) is 18.6 Å². The zero-order chi connectivity index (χ0) is 16.4. The van der Waals surface area contributed by atoms with Crippen LogP contribution in [0, 0.1) is 5.92 Å². The minimum atomic E-state index is -0.640. The van der Waals surface area contributed by atoms with Gasteiger partial charge < -0.3 is 9.47 Å². The van der Waals surface area contributed by atoms with E-state index in [1.807, 2.05) is 6.07 Å². The van der Waals surface area contributed by atoms with Crippen LogP contribution in [0.3, 0.4) is 0 Å². The molecular weight excluding hydrogens is 294 g/mol. The smallest absolute Gasteiger partial charge is 0.317 e. The van der Waals surface area contributed by atoms with Gasteiger partial charge >= 0.3 is 5.97 Å². The summed E-state index contributed by atoms with van der Waals surface area (Å²) in [6.07, 6.45) is 2.46. The van der Waals surface area contributed by atoms with Gasteiger partial charge in [-0.25, -0.2) is 0 Å². The molecule has 3 rings (SSSR count). The van der Waals surface area contributed by atoms with Crippen molar-refractivity contribution >= 4 is 11.8 Å². The fourth-order valence-electron chi connectivity index (χ4n) is 3.65. The predicted octanol–water partition coefficient (Wildman–Crippen LogP) is 2.14. The van der Waals surface area contributed by atoms with Gasteiger partial charge in [0.2, 0.25) is 0 Å². The minimum absolute atomic E-state index is 0.00330. The lowest BCUT2D eigenvalue weighted by Gasteiger charge is -2.35. The summed E-state index contributed by atoms with van der Waals surface area (Å²) in [6.45, 7) is 3.24. The molecule has 1 aromatic rings. The molecule has 1 fully saturated rings. The number of hydrogen-bond acceptors (Lipinski definition) is 5. The van der Waals surface area contributed by atoms with Gasteiger partial charge in [-0.05, 0) is 43.0 Å². The molecule has 2 aliphatic rings. The summed E-state index contributed by atoms with van der Waals surface area (Å²) in [6, 6.07) is 6.45. The first-order valence-corrected chi connectivity index (χ1v) is 8.24. The third kappa shape index (κ3) is 3.11. The van der Waals surface area contributed by atoms with Crippen LogP contribution in [-0.2, 0) is 20.7 Å². The molecule has 5 heteroatoms. The van der Waals surface area contributed by atoms with Crippen LogP contribution in [0.2, 0.25) is 0 Å². The lowest BCUT2D eigenvalue weighted by molar-refractivity contribution is -0.154. The molecule has 1 saturated heterocycles. The van der Waals surface area contributed by atoms with Crippen molar-refractivity contribution in [3.05, 3.63) is 29.3 Å². The van der Waals surface area contributed by atoms with Crippen molar-refractivity contribution in [1.82, 2.24) is 4.90 Å². The van der Waals surface area contributed by atoms with Crippen molar-refractivity contribution in [2.45, 2.75) is 32.2 Å². The predicted molar refractivity (Wildman–Crippen MR) is 85.4 cm³/mol. The maximum absolute atomic E-state index is 12.1. The van der Waals surface area contributed by atoms with Crippen molar-refractivity contribution < 1.29 is 19.1 Å². The zero-order valence-corrected chi connectivity index (χ0v) is 13.7. The normalized spacial score (nSPS) is 24.3. The third-order valence-corrected chi connectivity index (χ3v) is 4.86. The first-order chi connectivity index (χ1) is 11.1. The number of benzene rings is 1. The summed E-state index contributed by atoms with van der Waals surface area (Å²) in [5.74, 6) is -0.168. The second-order valence-corrected chi connectivity index (χ2v) is 6.14. The first kappa shape index (κ1) is 16.0. The van der Waals surface area contributed by atoms with E-state index < -0.39 is 5.92 Å². The molecule has 1 aliphatic carbocycles. The zero-order valence-electron chi connectivity index (χ0n) is 13.7. The monoisotopic (exact) mass is 317 g/mol. The van der Waals surface area contributed by atoms with Crippen molar-refractivity contribution in [3.8, 4) is 5.75 Å². The molecule has 0 saturated carbocycles. The van der Waals surface area contributed by atoms with Crippen LogP contribution in [0.1, 0.15) is 36.9 Å². The Hall–Kier alpha value is -1.88. The highest BCUT2D eigenvalue weighted by molar-refractivity contribution is 5.99. The number of Topliss-reactive ketones (excluding diaryl/α,β-unsaturated/α-hetero) is 1. The molecule has 2 unspecified atom stereocenters. The van der Waals surface area contributed by atoms with Gasteiger partial charge in [-0.1, -0.05) is 6.07 Å². The SMILES string of the molecule is CCOC(=O)C1CN(C2CCc3ccc(OC)cc32)CCC1=O. The van der Waals surface area contributed by atoms with Crippen LogP contribution < -0.4 is 4.74 Å². The maximum atomic E-state index is 12.1. The van der Waals surface area contributed by atoms with Crippen molar-refractivity contribution in [3.63, 3.8) is 0 Å². The Labute approximate surface area is 136 Å². The molecule has 124 valence electrons. The number of ketones is 1. The molecule has 0 N–H and O–H groups in total. The lowest BCUT2D eigenvalue weighted by Crippen LogP contribution is -2.45. The van der Waals surface area contributed by atoms with Gasteiger partial charge in [-0.2, -0.15) is 0 Å². The highest BCUT2D eigenvalue weighted by atomic mass is 16.5. The van der Waals surface area contributed by atoms with Crippen LogP contribution in [0.25, 0.3) is 0 Å². The van der Waals surface area contributed by atoms with Crippen LogP contribution in [0.15, 0.2) is 18.2 Å². The molecule has 1 aliphatic heterocycles. The number of carbonyl (C=O) groups excluding carboxylic acids is 2. The lowest BCUT2D eigenvalue weighted by atomic mass is 9.94. The Bertz CT molecular complexity index is 613. The number of nitrogens with zero attached hydrogens (tertiary/aromatic N) is 1. The first-order valence-electron chi connectivity index (χ1n) is 8.24. The number of esters is 1. The fraction of sp³-hybridized carbons (Fsp3) is 0.556. The molecule has 0 radical (unpaired) electrons. The Morgan fingerprint density at radius 3 is 2.91 bits per heavy atom. The van der Waals surface area contributed by atoms with Crippen molar-refractivity contribution in [1.29, 1.82) is 0 Å². The van der Waals surface area contributed by atoms with Gasteiger partial charge in [-0.15, -0.1) is 0 Å². The van der Waals surface area contributed by atoms with Gasteiger partial charge in [0.1, 0.15) is 17.5 Å². The van der Waals surface area contributed by atoms with Gasteiger partial charge in [0.25, 0.3) is 0 Å². The minimum Gasteiger partial charge on any atom is -0.497 e. The quantitative estimate of drug-likeness (QED) is 0.629. The molecule has 1 aromatic carbocycles. The van der Waals surface area contributed by atoms with Crippen LogP contribution in [0.5, 0.6) is 5.75 Å². The molecule has 5 nitrogen and oxygen atoms in total. The average Bonchev–Trinajstić information content (AvgIpc) is 2.98. The van der Waals surface area contributed by atoms with Gasteiger partial charge in [0.15, 0.2) is 0 Å². The Kier molecular flexibility index (Phi) is 4.66. The largest absolute Gasteiger partial charge is 0.497 e. The number of fused-ring (bicyclic) bond motifs is 1. The molecule has 23 heavy (non-hydrogen) atoms. The molecule has 2 atom stereocenters. The standard InChI is InChI=1S/C18H23NO4/c1-3-23-18(21)15-11-19(9-8-17(15)20)16-7-5-12-4-6-13(22-2)10-14(12)16/h4,6,10,15-16H,3,5,7-9,11H2,1-2H3. The van der Waals surface area contributed by atoms with Crippen molar-refractivity contribution in [2.24, 2.45) is 5.92 Å². The molecule has 0 bridgehead atoms. The van der Waals surface area contributed by atoms with Gasteiger partial charge in [0, 0.05) is 25.6 Å². The second kappa shape index (κ2) is 6.71. The van der Waals surface area contributed by atoms with E-state index in [0.29, 0.717) is 26.1 Å². The number of piperidine rings is 1. The van der Waals surface area contributed by atoms with Crippen LogP contribution in [-0.4, -0.2) is 43.5 Å². The molecule has 1 heterocycles. The van der Waals surface area contributed by atoms with Crippen molar-refractivity contribution in [2.75, 3.05) is 26.8 Å². The number of aryl methyl sites for hydroxylation is 1. The van der Waals surface area contributed by atoms with E-state index in [1.54, 1.807) is 14.0 Å². The van der Waals surface area contributed by atoms with E-state index in [2.05, 4.69) is 17.0 Å². The Balaban J connectivity index is 1.78. The van der Waals surface area contributed by atoms with Gasteiger partial charge in [0.05, 0.1) is 13.7 Å². The van der Waals surface area contributed by atoms with E-state index in [-0.39, 0.29) is 17.8 Å². The number of methoxy groups -OCH3 is 1. The fourth-order valence-corrected chi connectivity index (χ4v) is 3.65. The summed E-state index contributed by atoms with van der Waals surface area (Å²) >= 11 is 0. The van der Waals surface area contributed by atoms with Crippen LogP contribution in [0.4, 0.5) is 0 Å². The summed E-state index contributed by atoms with van der Waals surface area (Å²) in [4.78, 5) is 26.4. The van der Waals surface area contributed by atoms with Gasteiger partial charge in [-0.3, -0.25) is 14.5 Å².